The van der Waals surface area contributed by atoms with Gasteiger partial charge in [0.05, 0.1) is 48.6 Å². The van der Waals surface area contributed by atoms with Crippen molar-refractivity contribution in [2.45, 2.75) is 182 Å². The van der Waals surface area contributed by atoms with E-state index in [0.717, 1.165) is 17.2 Å². The summed E-state index contributed by atoms with van der Waals surface area (Å²) in [6.07, 6.45) is 2.21. The van der Waals surface area contributed by atoms with Crippen molar-refractivity contribution >= 4 is 80.5 Å². The van der Waals surface area contributed by atoms with Gasteiger partial charge >= 0.3 is 5.97 Å². The minimum Gasteiger partial charge on any atom is -0.481 e. The second kappa shape index (κ2) is 35.4. The second-order valence-corrected chi connectivity index (χ2v) is 27.7. The van der Waals surface area contributed by atoms with Crippen molar-refractivity contribution in [1.29, 1.82) is 0 Å². The predicted molar refractivity (Wildman–Crippen MR) is 345 cm³/mol. The number of likely N-dealkylation sites (N-methyl/N-ethyl adjacent to an activating group) is 3. The SMILES string of the molecule is CC[C@H](C)[C@H]([C@H](O)CC(=O)N1CCCC1[C@H](OC)[C@@H](C)C(=O)NC[C@H](Cc1ccccc1)C(=O)O)N(C)C(=O)[C@@H](NC(=O)[C@H](C(C)C)N(C)CCc1ccc(N(C)C(=O)[C@H](C)NC(=O)[C@@H](NC(=O)CCCCCN2C(=O)C=C(Cl)S2(=O)=O)C(C)C)cc1)C(C)C. The Morgan fingerprint density at radius 1 is 0.778 bits per heavy atom. The maximum Gasteiger partial charge on any atom is 0.308 e. The Bertz CT molecular complexity index is 2910. The minimum atomic E-state index is -4.01. The third-order valence-corrected chi connectivity index (χ3v) is 19.7. The molecule has 0 aromatic heterocycles. The fourth-order valence-electron chi connectivity index (χ4n) is 11.9. The highest BCUT2D eigenvalue weighted by molar-refractivity contribution is 7.95. The highest BCUT2D eigenvalue weighted by Gasteiger charge is 2.43. The van der Waals surface area contributed by atoms with E-state index in [2.05, 4.69) is 21.3 Å². The number of nitrogens with one attached hydrogen (secondary N) is 4. The van der Waals surface area contributed by atoms with Crippen LogP contribution in [0, 0.1) is 35.5 Å². The van der Waals surface area contributed by atoms with Gasteiger partial charge in [-0.1, -0.05) is 129 Å². The Morgan fingerprint density at radius 2 is 1.41 bits per heavy atom. The van der Waals surface area contributed by atoms with Crippen LogP contribution in [0.4, 0.5) is 5.69 Å². The number of hydrogen-bond donors (Lipinski definition) is 6. The van der Waals surface area contributed by atoms with E-state index in [9.17, 15) is 61.8 Å². The van der Waals surface area contributed by atoms with Gasteiger partial charge in [0.2, 0.25) is 41.4 Å². The molecule has 23 nitrogen and oxygen atoms in total. The molecule has 0 radical (unpaired) electrons. The number of carbonyl (C=O) groups excluding carboxylic acids is 8. The fraction of sp³-hybridized carbons (Fsp3) is 0.646. The molecule has 2 aromatic carbocycles. The van der Waals surface area contributed by atoms with Crippen molar-refractivity contribution in [3.05, 3.63) is 76.2 Å². The summed E-state index contributed by atoms with van der Waals surface area (Å²) in [5.41, 5.74) is 2.32. The average molecular weight is 1300 g/mol. The third kappa shape index (κ3) is 20.8. The van der Waals surface area contributed by atoms with Crippen molar-refractivity contribution in [1.82, 2.24) is 40.3 Å². The number of ether oxygens (including phenoxy) is 1. The standard InChI is InChI=1S/C65H100ClN9O14S/c1-15-42(8)58(50(76)36-53(78)74-32-22-25-49(74)59(89-14)43(9)60(80)67-38-47(65(85)86)35-46-23-18-16-19-24-46)73(13)64(84)56(40(4)5)70-62(82)57(41(6)7)71(11)34-31-45-27-29-48(30-28-45)72(12)63(83)44(10)68-61(81)55(39(2)3)69-52(77)26-20-17-21-33-75-54(79)37-51(66)90(75,87)88/h16,18-19,23-24,27-30,37,39-44,47,49-50,55-59,76H,15,17,20-22,25-26,31-36,38H2,1-14H3,(H,67,80)(H,68,81)(H,69,77)(H,70,82)(H,85,86)/t42-,43+,44-,47-,49?,50+,55-,56-,57-,58+,59+/m0/s1. The number of sulfonamides is 1. The summed E-state index contributed by atoms with van der Waals surface area (Å²) in [6.45, 7) is 18.8. The number of amides is 8. The number of hydrogen-bond acceptors (Lipinski definition) is 14. The van der Waals surface area contributed by atoms with Gasteiger partial charge in [-0.3, -0.25) is 48.1 Å². The van der Waals surface area contributed by atoms with E-state index in [-0.39, 0.29) is 67.8 Å². The van der Waals surface area contributed by atoms with Crippen LogP contribution in [-0.4, -0.2) is 194 Å². The van der Waals surface area contributed by atoms with Crippen LogP contribution in [0.25, 0.3) is 0 Å². The van der Waals surface area contributed by atoms with Crippen LogP contribution >= 0.6 is 11.6 Å². The highest BCUT2D eigenvalue weighted by Crippen LogP contribution is 2.30. The number of anilines is 1. The zero-order valence-electron chi connectivity index (χ0n) is 55.1. The Hall–Kier alpha value is -6.47. The lowest BCUT2D eigenvalue weighted by Gasteiger charge is -2.40. The van der Waals surface area contributed by atoms with Crippen molar-refractivity contribution in [2.75, 3.05) is 59.3 Å². The predicted octanol–water partition coefficient (Wildman–Crippen LogP) is 5.07. The Kier molecular flexibility index (Phi) is 29.9. The number of aliphatic hydroxyl groups is 1. The van der Waals surface area contributed by atoms with Gasteiger partial charge in [-0.05, 0) is 99.4 Å². The summed E-state index contributed by atoms with van der Waals surface area (Å²) in [5, 5.41) is 33.2. The summed E-state index contributed by atoms with van der Waals surface area (Å²) in [5.74, 6) is -7.34. The smallest absolute Gasteiger partial charge is 0.308 e. The number of carboxylic acids is 1. The number of rotatable bonds is 36. The first kappa shape index (κ1) is 76.0. The number of likely N-dealkylation sites (tertiary alicyclic amines) is 1. The van der Waals surface area contributed by atoms with E-state index >= 15 is 0 Å². The lowest BCUT2D eigenvalue weighted by Crippen LogP contribution is -2.60. The fourth-order valence-corrected chi connectivity index (χ4v) is 13.4. The van der Waals surface area contributed by atoms with Gasteiger partial charge in [0.25, 0.3) is 15.9 Å². The van der Waals surface area contributed by atoms with Crippen LogP contribution < -0.4 is 26.2 Å². The Morgan fingerprint density at radius 3 is 1.97 bits per heavy atom. The van der Waals surface area contributed by atoms with E-state index in [1.165, 1.54) is 16.9 Å². The zero-order valence-corrected chi connectivity index (χ0v) is 56.6. The van der Waals surface area contributed by atoms with Crippen LogP contribution in [-0.2, 0) is 70.8 Å². The van der Waals surface area contributed by atoms with E-state index in [0.29, 0.717) is 68.0 Å². The van der Waals surface area contributed by atoms with Gasteiger partial charge < -0.3 is 50.9 Å². The first-order valence-electron chi connectivity index (χ1n) is 31.5. The van der Waals surface area contributed by atoms with Gasteiger partial charge in [0.1, 0.15) is 18.1 Å². The average Bonchev–Trinajstić information content (AvgIpc) is 1.89. The molecule has 6 N–H and O–H groups in total. The number of nitrogens with zero attached hydrogens (tertiary/aromatic N) is 5. The van der Waals surface area contributed by atoms with Gasteiger partial charge in [-0.2, -0.15) is 0 Å². The minimum absolute atomic E-state index is 0.0544. The zero-order chi connectivity index (χ0) is 67.5. The molecule has 2 aliphatic rings. The summed E-state index contributed by atoms with van der Waals surface area (Å²) < 4.78 is 30.4. The number of aliphatic carboxylic acids is 1. The molecule has 0 aliphatic carbocycles. The van der Waals surface area contributed by atoms with E-state index in [4.69, 9.17) is 16.3 Å². The molecule has 25 heteroatoms. The molecule has 8 amide bonds. The summed E-state index contributed by atoms with van der Waals surface area (Å²) in [6, 6.07) is 11.7. The molecule has 502 valence electrons. The molecular formula is C65H100ClN9O14S. The molecular weight excluding hydrogens is 1200 g/mol. The number of carboxylic acid groups (broad SMARTS) is 1. The van der Waals surface area contributed by atoms with Crippen LogP contribution in [0.5, 0.6) is 0 Å². The molecule has 2 aromatic rings. The van der Waals surface area contributed by atoms with E-state index in [1.807, 2.05) is 96.0 Å². The molecule has 1 saturated heterocycles. The molecule has 0 saturated carbocycles. The number of benzene rings is 2. The van der Waals surface area contributed by atoms with Crippen LogP contribution in [0.3, 0.4) is 0 Å². The molecule has 2 heterocycles. The maximum absolute atomic E-state index is 14.7. The molecule has 1 fully saturated rings. The summed E-state index contributed by atoms with van der Waals surface area (Å²) >= 11 is 5.66. The summed E-state index contributed by atoms with van der Waals surface area (Å²) in [4.78, 5) is 127. The topological polar surface area (TPSA) is 302 Å². The van der Waals surface area contributed by atoms with Crippen LogP contribution in [0.15, 0.2) is 65.0 Å². The van der Waals surface area contributed by atoms with Crippen LogP contribution in [0.1, 0.15) is 132 Å². The first-order valence-corrected chi connectivity index (χ1v) is 33.3. The summed E-state index contributed by atoms with van der Waals surface area (Å²) in [7, 11) is 2.48. The highest BCUT2D eigenvalue weighted by atomic mass is 35.5. The van der Waals surface area contributed by atoms with Crippen molar-refractivity contribution in [2.24, 2.45) is 35.5 Å². The quantitative estimate of drug-likeness (QED) is 0.0485. The van der Waals surface area contributed by atoms with Gasteiger partial charge in [-0.15, -0.1) is 0 Å². The molecule has 90 heavy (non-hydrogen) atoms. The lowest BCUT2D eigenvalue weighted by molar-refractivity contribution is -0.147. The molecule has 0 spiro atoms. The Balaban J connectivity index is 1.31. The monoisotopic (exact) mass is 1300 g/mol. The van der Waals surface area contributed by atoms with E-state index < -0.39 is 116 Å². The van der Waals surface area contributed by atoms with Gasteiger partial charge in [0.15, 0.2) is 4.36 Å². The number of halogens is 1. The molecule has 4 rings (SSSR count). The molecule has 0 bridgehead atoms. The van der Waals surface area contributed by atoms with Crippen LogP contribution in [0.2, 0.25) is 0 Å². The largest absolute Gasteiger partial charge is 0.481 e. The number of methoxy groups -OCH3 is 1. The Labute approximate surface area is 537 Å². The maximum atomic E-state index is 14.7. The van der Waals surface area contributed by atoms with Gasteiger partial charge in [0, 0.05) is 65.6 Å². The second-order valence-electron chi connectivity index (χ2n) is 25.3. The van der Waals surface area contributed by atoms with E-state index in [1.54, 1.807) is 58.8 Å². The number of carbonyl (C=O) groups is 9. The van der Waals surface area contributed by atoms with Crippen molar-refractivity contribution in [3.8, 4) is 0 Å². The van der Waals surface area contributed by atoms with Gasteiger partial charge in [-0.25, -0.2) is 12.7 Å². The van der Waals surface area contributed by atoms with Crippen molar-refractivity contribution < 1.29 is 66.5 Å². The first-order chi connectivity index (χ1) is 42.3. The normalized spacial score (nSPS) is 18.2. The third-order valence-electron chi connectivity index (χ3n) is 17.5. The number of unbranched alkanes of at least 4 members (excludes halogenated alkanes) is 2. The molecule has 2 aliphatic heterocycles. The van der Waals surface area contributed by atoms with Crippen molar-refractivity contribution in [3.63, 3.8) is 0 Å². The lowest BCUT2D eigenvalue weighted by atomic mass is 9.89. The molecule has 11 atom stereocenters. The number of aliphatic hydroxyl groups excluding tert-OH is 1. The molecule has 1 unspecified atom stereocenters.